The summed E-state index contributed by atoms with van der Waals surface area (Å²) in [6.07, 6.45) is -9.52. The second-order valence-corrected chi connectivity index (χ2v) is 20.2. The number of allylic oxidation sites excluding steroid dienone is 2. The topological polar surface area (TPSA) is 239 Å². The third-order valence-corrected chi connectivity index (χ3v) is 16.6. The molecule has 0 aromatic rings. The number of aliphatic hydroxyl groups is 10. The van der Waals surface area contributed by atoms with E-state index in [2.05, 4.69) is 26.8 Å². The first-order chi connectivity index (χ1) is 26.0. The predicted octanol–water partition coefficient (Wildman–Crippen LogP) is 1.12. The van der Waals surface area contributed by atoms with E-state index in [9.17, 15) is 51.1 Å². The summed E-state index contributed by atoms with van der Waals surface area (Å²) in [5, 5.41) is 109. The molecule has 2 aliphatic heterocycles. The molecule has 0 unspecified atom stereocenters. The van der Waals surface area contributed by atoms with Crippen LogP contribution in [-0.4, -0.2) is 150 Å². The Kier molecular flexibility index (Phi) is 12.7. The Hall–Kier alpha value is -0.820. The second kappa shape index (κ2) is 15.9. The summed E-state index contributed by atoms with van der Waals surface area (Å²) < 4.78 is 25.4. The number of ether oxygens (including phenoxy) is 4. The van der Waals surface area contributed by atoms with Gasteiger partial charge in [0.05, 0.1) is 37.1 Å². The first-order valence-electron chi connectivity index (χ1n) is 21.0. The largest absolute Gasteiger partial charge is 0.394 e. The van der Waals surface area contributed by atoms with Gasteiger partial charge in [-0.25, -0.2) is 0 Å². The maximum Gasteiger partial charge on any atom is 0.187 e. The Labute approximate surface area is 331 Å². The maximum absolute atomic E-state index is 12.6. The number of rotatable bonds is 10. The van der Waals surface area contributed by atoms with Crippen LogP contribution in [0.25, 0.3) is 0 Å². The summed E-state index contributed by atoms with van der Waals surface area (Å²) in [6.45, 7) is 15.7. The van der Waals surface area contributed by atoms with Gasteiger partial charge >= 0.3 is 0 Å². The molecule has 0 bridgehead atoms. The highest BCUT2D eigenvalue weighted by Gasteiger charge is 2.74. The lowest BCUT2D eigenvalue weighted by Gasteiger charge is -2.72. The van der Waals surface area contributed by atoms with Crippen molar-refractivity contribution in [1.82, 2.24) is 0 Å². The smallest absolute Gasteiger partial charge is 0.187 e. The molecule has 0 aromatic heterocycles. The van der Waals surface area contributed by atoms with E-state index < -0.39 is 120 Å². The van der Waals surface area contributed by atoms with E-state index in [-0.39, 0.29) is 23.7 Å². The van der Waals surface area contributed by atoms with Crippen molar-refractivity contribution in [2.45, 2.75) is 192 Å². The van der Waals surface area contributed by atoms with Crippen LogP contribution in [0.15, 0.2) is 11.6 Å². The van der Waals surface area contributed by atoms with Crippen molar-refractivity contribution in [1.29, 1.82) is 0 Å². The van der Waals surface area contributed by atoms with Gasteiger partial charge in [0.25, 0.3) is 0 Å². The molecular formula is C42H72O14. The fourth-order valence-electron chi connectivity index (χ4n) is 13.5. The van der Waals surface area contributed by atoms with Gasteiger partial charge < -0.3 is 70.0 Å². The molecular weight excluding hydrogens is 728 g/mol. The summed E-state index contributed by atoms with van der Waals surface area (Å²) >= 11 is 0. The Morgan fingerprint density at radius 3 is 1.89 bits per heavy atom. The van der Waals surface area contributed by atoms with Crippen LogP contribution in [0.3, 0.4) is 0 Å². The minimum Gasteiger partial charge on any atom is -0.394 e. The minimum atomic E-state index is -1.61. The van der Waals surface area contributed by atoms with Crippen LogP contribution >= 0.6 is 0 Å². The normalized spacial score (nSPS) is 52.6. The summed E-state index contributed by atoms with van der Waals surface area (Å²) in [5.74, 6) is -0.781. The van der Waals surface area contributed by atoms with Crippen LogP contribution < -0.4 is 0 Å². The Bertz CT molecular complexity index is 1400. The van der Waals surface area contributed by atoms with E-state index >= 15 is 0 Å². The Morgan fingerprint density at radius 1 is 0.750 bits per heavy atom. The van der Waals surface area contributed by atoms with E-state index in [1.54, 1.807) is 0 Å². The fourth-order valence-corrected chi connectivity index (χ4v) is 13.5. The van der Waals surface area contributed by atoms with Gasteiger partial charge in [-0.1, -0.05) is 46.3 Å². The molecule has 4 aliphatic carbocycles. The highest BCUT2D eigenvalue weighted by Crippen LogP contribution is 2.76. The van der Waals surface area contributed by atoms with Crippen LogP contribution in [-0.2, 0) is 18.9 Å². The van der Waals surface area contributed by atoms with Crippen LogP contribution in [0.5, 0.6) is 0 Å². The van der Waals surface area contributed by atoms with Crippen molar-refractivity contribution in [2.75, 3.05) is 13.2 Å². The first-order valence-corrected chi connectivity index (χ1v) is 21.0. The highest BCUT2D eigenvalue weighted by molar-refractivity contribution is 5.22. The molecule has 0 spiro atoms. The van der Waals surface area contributed by atoms with Crippen molar-refractivity contribution < 1.29 is 70.0 Å². The van der Waals surface area contributed by atoms with Crippen molar-refractivity contribution in [3.8, 4) is 0 Å². The molecule has 4 saturated carbocycles. The van der Waals surface area contributed by atoms with Crippen molar-refractivity contribution >= 4 is 0 Å². The lowest BCUT2D eigenvalue weighted by atomic mass is 9.34. The number of hydrogen-bond acceptors (Lipinski definition) is 14. The molecule has 2 heterocycles. The molecule has 0 radical (unpaired) electrons. The summed E-state index contributed by atoms with van der Waals surface area (Å²) in [5.41, 5.74) is -1.92. The van der Waals surface area contributed by atoms with E-state index in [1.165, 1.54) is 0 Å². The SMILES string of the molecule is CC(C)=CCC[C@@](C)(O[C@H]1O[C@@H](CO)[C@H](O)[C@@H](O)[C@@H]1O)[C@@H]1CC[C@@]2(C)[C@H]1[C@@H](O)C[C@H]1[C@@]3(C)CC[C@@H](O)C(C)(C)[C@H]3[C@H](O[C@@H]3O[C@H](CO)[C@H](O)[C@H](O)[C@@H]3O)C[C@]12C. The van der Waals surface area contributed by atoms with Gasteiger partial charge in [-0.15, -0.1) is 0 Å². The summed E-state index contributed by atoms with van der Waals surface area (Å²) in [4.78, 5) is 0. The van der Waals surface area contributed by atoms with Crippen LogP contribution in [0.1, 0.15) is 107 Å². The summed E-state index contributed by atoms with van der Waals surface area (Å²) in [7, 11) is 0. The molecule has 0 amide bonds. The molecule has 2 saturated heterocycles. The predicted molar refractivity (Wildman–Crippen MR) is 202 cm³/mol. The molecule has 14 nitrogen and oxygen atoms in total. The van der Waals surface area contributed by atoms with Gasteiger partial charge in [-0.2, -0.15) is 0 Å². The van der Waals surface area contributed by atoms with E-state index in [4.69, 9.17) is 18.9 Å². The number of hydrogen-bond donors (Lipinski definition) is 10. The highest BCUT2D eigenvalue weighted by atomic mass is 16.7. The first kappa shape index (κ1) is 44.7. The standard InChI is InChI=1S/C42H72O14/c1-20(2)10-9-13-42(8,56-37-34(52)32(50)30(48)25(19-44)55-37)21-11-15-40(6)28(21)22(45)16-26-39(5)14-12-27(46)38(3,4)35(39)23(17-41(26,40)7)53-36-33(51)31(49)29(47)24(18-43)54-36/h10,21-37,43-52H,9,11-19H2,1-8H3/t21-,22+,23-,24-,25+,26+,27-,28-,29+,30+,31+,32-,33+,34+,35-,36-,37-,39-,40+,41-,42-/m1/s1. The molecule has 14 heteroatoms. The van der Waals surface area contributed by atoms with Crippen LogP contribution in [0, 0.1) is 45.3 Å². The van der Waals surface area contributed by atoms with Crippen molar-refractivity contribution in [2.24, 2.45) is 45.3 Å². The number of fused-ring (bicyclic) bond motifs is 5. The van der Waals surface area contributed by atoms with Crippen molar-refractivity contribution in [3.63, 3.8) is 0 Å². The Morgan fingerprint density at radius 2 is 1.32 bits per heavy atom. The molecule has 21 atom stereocenters. The quantitative estimate of drug-likeness (QED) is 0.110. The Balaban J connectivity index is 1.39. The van der Waals surface area contributed by atoms with E-state index in [0.717, 1.165) is 12.0 Å². The zero-order valence-corrected chi connectivity index (χ0v) is 34.6. The number of aliphatic hydroxyl groups excluding tert-OH is 10. The van der Waals surface area contributed by atoms with E-state index in [1.807, 2.05) is 34.6 Å². The van der Waals surface area contributed by atoms with Gasteiger partial charge in [0.15, 0.2) is 12.6 Å². The van der Waals surface area contributed by atoms with E-state index in [0.29, 0.717) is 44.9 Å². The molecule has 56 heavy (non-hydrogen) atoms. The fraction of sp³-hybridized carbons (Fsp3) is 0.952. The maximum atomic E-state index is 12.6. The van der Waals surface area contributed by atoms with Crippen LogP contribution in [0.4, 0.5) is 0 Å². The van der Waals surface area contributed by atoms with Crippen molar-refractivity contribution in [3.05, 3.63) is 11.6 Å². The average molecular weight is 801 g/mol. The van der Waals surface area contributed by atoms with Gasteiger partial charge in [0.2, 0.25) is 0 Å². The van der Waals surface area contributed by atoms with Gasteiger partial charge in [0.1, 0.15) is 48.8 Å². The second-order valence-electron chi connectivity index (χ2n) is 20.2. The lowest BCUT2D eigenvalue weighted by Crippen LogP contribution is -2.71. The zero-order chi connectivity index (χ0) is 41.5. The molecule has 0 aromatic carbocycles. The third-order valence-electron chi connectivity index (χ3n) is 16.6. The molecule has 324 valence electrons. The monoisotopic (exact) mass is 800 g/mol. The minimum absolute atomic E-state index is 0.000258. The third kappa shape index (κ3) is 7.06. The van der Waals surface area contributed by atoms with Gasteiger partial charge in [-0.3, -0.25) is 0 Å². The molecule has 6 aliphatic rings. The van der Waals surface area contributed by atoms with Gasteiger partial charge in [0, 0.05) is 0 Å². The average Bonchev–Trinajstić information content (AvgIpc) is 3.52. The van der Waals surface area contributed by atoms with Gasteiger partial charge in [-0.05, 0) is 117 Å². The molecule has 6 rings (SSSR count). The van der Waals surface area contributed by atoms with Crippen LogP contribution in [0.2, 0.25) is 0 Å². The molecule has 6 fully saturated rings. The molecule has 10 N–H and O–H groups in total. The zero-order valence-electron chi connectivity index (χ0n) is 34.6. The lowest BCUT2D eigenvalue weighted by molar-refractivity contribution is -0.349. The summed E-state index contributed by atoms with van der Waals surface area (Å²) in [6, 6.07) is 0.